The average molecular weight is 282 g/mol. The molecular formula is C14H22N2O4. The summed E-state index contributed by atoms with van der Waals surface area (Å²) in [4.78, 5) is 27.8. The summed E-state index contributed by atoms with van der Waals surface area (Å²) in [6.45, 7) is 2.06. The average Bonchev–Trinajstić information content (AvgIpc) is 2.95. The lowest BCUT2D eigenvalue weighted by atomic mass is 9.83. The third-order valence-corrected chi connectivity index (χ3v) is 4.19. The number of rotatable bonds is 5. The first-order chi connectivity index (χ1) is 9.61. The molecule has 2 atom stereocenters. The minimum absolute atomic E-state index is 0.0439. The molecular weight excluding hydrogens is 260 g/mol. The molecule has 20 heavy (non-hydrogen) atoms. The van der Waals surface area contributed by atoms with Crippen molar-refractivity contribution >= 4 is 17.6 Å². The number of aliphatic carboxylic acids is 1. The Bertz CT molecular complexity index is 402. The molecule has 1 amide bonds. The van der Waals surface area contributed by atoms with E-state index in [0.717, 1.165) is 19.3 Å². The number of carbonyl (C=O) groups is 2. The van der Waals surface area contributed by atoms with Crippen LogP contribution in [0.25, 0.3) is 0 Å². The van der Waals surface area contributed by atoms with Crippen molar-refractivity contribution in [3.8, 4) is 0 Å². The van der Waals surface area contributed by atoms with Crippen LogP contribution < -0.4 is 5.32 Å². The van der Waals surface area contributed by atoms with Crippen molar-refractivity contribution in [3.05, 3.63) is 0 Å². The van der Waals surface area contributed by atoms with Crippen molar-refractivity contribution in [2.24, 2.45) is 11.1 Å². The standard InChI is InChI=1S/C14H22N2O4/c1-2-10(9-6-4-3-5-7-9)15-13(17)12-8-11(14(18)19)16-20-12/h9-10,12H,2-8H2,1H3,(H,15,17)(H,18,19). The largest absolute Gasteiger partial charge is 0.477 e. The Balaban J connectivity index is 1.85. The van der Waals surface area contributed by atoms with Crippen LogP contribution in [0.1, 0.15) is 51.9 Å². The molecule has 6 nitrogen and oxygen atoms in total. The molecule has 2 rings (SSSR count). The van der Waals surface area contributed by atoms with E-state index in [-0.39, 0.29) is 24.1 Å². The molecule has 0 spiro atoms. The van der Waals surface area contributed by atoms with Crippen molar-refractivity contribution in [1.29, 1.82) is 0 Å². The zero-order valence-corrected chi connectivity index (χ0v) is 11.8. The summed E-state index contributed by atoms with van der Waals surface area (Å²) in [5.41, 5.74) is -0.0872. The van der Waals surface area contributed by atoms with Gasteiger partial charge in [0.2, 0.25) is 6.10 Å². The number of carboxylic acids is 1. The number of carbonyl (C=O) groups excluding carboxylic acids is 1. The van der Waals surface area contributed by atoms with Gasteiger partial charge in [-0.3, -0.25) is 4.79 Å². The molecule has 0 aromatic heterocycles. The highest BCUT2D eigenvalue weighted by Gasteiger charge is 2.33. The molecule has 1 fully saturated rings. The van der Waals surface area contributed by atoms with Gasteiger partial charge in [0.1, 0.15) is 0 Å². The monoisotopic (exact) mass is 282 g/mol. The lowest BCUT2D eigenvalue weighted by molar-refractivity contribution is -0.132. The molecule has 112 valence electrons. The molecule has 0 aromatic rings. The minimum Gasteiger partial charge on any atom is -0.477 e. The summed E-state index contributed by atoms with van der Waals surface area (Å²) in [6.07, 6.45) is 6.17. The maximum atomic E-state index is 12.1. The number of carboxylic acid groups (broad SMARTS) is 1. The predicted octanol–water partition coefficient (Wildman–Crippen LogP) is 1.69. The molecule has 1 heterocycles. The summed E-state index contributed by atoms with van der Waals surface area (Å²) in [6, 6.07) is 0.153. The highest BCUT2D eigenvalue weighted by Crippen LogP contribution is 2.28. The SMILES string of the molecule is CCC(NC(=O)C1CC(C(=O)O)=NO1)C1CCCCC1. The molecule has 1 saturated carbocycles. The van der Waals surface area contributed by atoms with E-state index in [2.05, 4.69) is 17.4 Å². The number of hydrogen-bond donors (Lipinski definition) is 2. The van der Waals surface area contributed by atoms with Crippen LogP contribution in [-0.4, -0.2) is 34.8 Å². The lowest BCUT2D eigenvalue weighted by Gasteiger charge is -2.30. The molecule has 0 radical (unpaired) electrons. The fraction of sp³-hybridized carbons (Fsp3) is 0.786. The van der Waals surface area contributed by atoms with Crippen molar-refractivity contribution in [2.75, 3.05) is 0 Å². The zero-order valence-electron chi connectivity index (χ0n) is 11.8. The molecule has 0 aromatic carbocycles. The fourth-order valence-electron chi connectivity index (χ4n) is 3.01. The van der Waals surface area contributed by atoms with Crippen molar-refractivity contribution in [3.63, 3.8) is 0 Å². The van der Waals surface area contributed by atoms with Crippen LogP contribution in [0.4, 0.5) is 0 Å². The Morgan fingerprint density at radius 3 is 2.65 bits per heavy atom. The van der Waals surface area contributed by atoms with Crippen LogP contribution in [0.15, 0.2) is 5.16 Å². The van der Waals surface area contributed by atoms with Gasteiger partial charge in [0.25, 0.3) is 5.91 Å². The highest BCUT2D eigenvalue weighted by atomic mass is 16.6. The van der Waals surface area contributed by atoms with Crippen LogP contribution >= 0.6 is 0 Å². The normalized spacial score (nSPS) is 24.6. The van der Waals surface area contributed by atoms with E-state index in [1.165, 1.54) is 19.3 Å². The minimum atomic E-state index is -1.13. The summed E-state index contributed by atoms with van der Waals surface area (Å²) in [7, 11) is 0. The third-order valence-electron chi connectivity index (χ3n) is 4.19. The topological polar surface area (TPSA) is 88.0 Å². The second-order valence-corrected chi connectivity index (χ2v) is 5.56. The quantitative estimate of drug-likeness (QED) is 0.803. The van der Waals surface area contributed by atoms with E-state index in [1.54, 1.807) is 0 Å². The van der Waals surface area contributed by atoms with Crippen LogP contribution in [-0.2, 0) is 14.4 Å². The van der Waals surface area contributed by atoms with Gasteiger partial charge in [-0.15, -0.1) is 0 Å². The second-order valence-electron chi connectivity index (χ2n) is 5.56. The van der Waals surface area contributed by atoms with Crippen LogP contribution in [0.2, 0.25) is 0 Å². The molecule has 0 bridgehead atoms. The van der Waals surface area contributed by atoms with Gasteiger partial charge in [0, 0.05) is 12.5 Å². The van der Waals surface area contributed by atoms with Crippen molar-refractivity contribution in [2.45, 2.75) is 64.0 Å². The van der Waals surface area contributed by atoms with E-state index < -0.39 is 12.1 Å². The number of nitrogens with zero attached hydrogens (tertiary/aromatic N) is 1. The van der Waals surface area contributed by atoms with Crippen LogP contribution in [0.5, 0.6) is 0 Å². The van der Waals surface area contributed by atoms with E-state index in [4.69, 9.17) is 9.94 Å². The van der Waals surface area contributed by atoms with E-state index in [0.29, 0.717) is 5.92 Å². The summed E-state index contributed by atoms with van der Waals surface area (Å²) >= 11 is 0. The Kier molecular flexibility index (Phi) is 4.98. The maximum absolute atomic E-state index is 12.1. The number of amides is 1. The van der Waals surface area contributed by atoms with Gasteiger partial charge in [-0.25, -0.2) is 4.79 Å². The van der Waals surface area contributed by atoms with Crippen molar-refractivity contribution < 1.29 is 19.5 Å². The number of nitrogens with one attached hydrogen (secondary N) is 1. The summed E-state index contributed by atoms with van der Waals surface area (Å²) in [5, 5.41) is 15.2. The zero-order chi connectivity index (χ0) is 14.5. The van der Waals surface area contributed by atoms with E-state index >= 15 is 0 Å². The third kappa shape index (κ3) is 3.49. The van der Waals surface area contributed by atoms with Crippen LogP contribution in [0.3, 0.4) is 0 Å². The Hall–Kier alpha value is -1.59. The molecule has 6 heteroatoms. The molecule has 2 aliphatic rings. The molecule has 1 aliphatic carbocycles. The van der Waals surface area contributed by atoms with Gasteiger partial charge in [-0.2, -0.15) is 0 Å². The van der Waals surface area contributed by atoms with Gasteiger partial charge >= 0.3 is 5.97 Å². The number of oxime groups is 1. The van der Waals surface area contributed by atoms with Crippen LogP contribution in [0, 0.1) is 5.92 Å². The van der Waals surface area contributed by atoms with E-state index in [9.17, 15) is 9.59 Å². The second kappa shape index (κ2) is 6.72. The molecule has 2 unspecified atom stereocenters. The van der Waals surface area contributed by atoms with Gasteiger partial charge in [-0.1, -0.05) is 31.3 Å². The Labute approximate surface area is 118 Å². The van der Waals surface area contributed by atoms with E-state index in [1.807, 2.05) is 0 Å². The Morgan fingerprint density at radius 2 is 2.10 bits per heavy atom. The predicted molar refractivity (Wildman–Crippen MR) is 73.4 cm³/mol. The smallest absolute Gasteiger partial charge is 0.353 e. The molecule has 1 aliphatic heterocycles. The van der Waals surface area contributed by atoms with Gasteiger partial charge < -0.3 is 15.3 Å². The first-order valence-corrected chi connectivity index (χ1v) is 7.38. The number of hydrogen-bond acceptors (Lipinski definition) is 4. The van der Waals surface area contributed by atoms with Gasteiger partial charge in [0.05, 0.1) is 0 Å². The van der Waals surface area contributed by atoms with Crippen molar-refractivity contribution in [1.82, 2.24) is 5.32 Å². The maximum Gasteiger partial charge on any atom is 0.353 e. The van der Waals surface area contributed by atoms with Gasteiger partial charge in [-0.05, 0) is 25.2 Å². The van der Waals surface area contributed by atoms with Gasteiger partial charge in [0.15, 0.2) is 5.71 Å². The lowest BCUT2D eigenvalue weighted by Crippen LogP contribution is -2.45. The highest BCUT2D eigenvalue weighted by molar-refractivity contribution is 6.36. The summed E-state index contributed by atoms with van der Waals surface area (Å²) in [5.74, 6) is -0.846. The molecule has 0 saturated heterocycles. The first-order valence-electron chi connectivity index (χ1n) is 7.38. The summed E-state index contributed by atoms with van der Waals surface area (Å²) < 4.78 is 0. The first kappa shape index (κ1) is 14.8. The Morgan fingerprint density at radius 1 is 1.40 bits per heavy atom. The fourth-order valence-corrected chi connectivity index (χ4v) is 3.01. The molecule has 2 N–H and O–H groups in total.